The van der Waals surface area contributed by atoms with Gasteiger partial charge < -0.3 is 9.83 Å². The second kappa shape index (κ2) is 4.36. The average molecular weight is 263 g/mol. The molecular weight excluding hydrogens is 254 g/mol. The second-order valence-corrected chi connectivity index (χ2v) is 5.50. The van der Waals surface area contributed by atoms with E-state index in [1.165, 1.54) is 4.21 Å². The van der Waals surface area contributed by atoms with E-state index in [9.17, 15) is 0 Å². The number of hydrogen-bond acceptors (Lipinski definition) is 6. The Morgan fingerprint density at radius 1 is 1.47 bits per heavy atom. The molecule has 0 aromatic carbocycles. The molecule has 0 saturated carbocycles. The third kappa shape index (κ3) is 1.99. The van der Waals surface area contributed by atoms with Gasteiger partial charge in [0.1, 0.15) is 5.03 Å². The first-order valence-corrected chi connectivity index (χ1v) is 6.58. The number of rotatable bonds is 3. The van der Waals surface area contributed by atoms with E-state index in [0.29, 0.717) is 5.82 Å². The van der Waals surface area contributed by atoms with Crippen molar-refractivity contribution in [3.8, 4) is 0 Å². The van der Waals surface area contributed by atoms with Crippen molar-refractivity contribution in [1.29, 1.82) is 0 Å². The summed E-state index contributed by atoms with van der Waals surface area (Å²) in [7, 11) is 0. The standard InChI is InChI=1S/C10H9N5S2/c11-14-7-6-15-4-3-12-9(15)10(13-7)17-8-2-1-5-16-8/h1-6,14H,11H2. The molecule has 0 bridgehead atoms. The van der Waals surface area contributed by atoms with E-state index in [1.807, 2.05) is 22.0 Å². The number of nitrogens with two attached hydrogens (primary N) is 1. The lowest BCUT2D eigenvalue weighted by Gasteiger charge is -2.05. The van der Waals surface area contributed by atoms with Crippen LogP contribution in [-0.2, 0) is 0 Å². The summed E-state index contributed by atoms with van der Waals surface area (Å²) in [6, 6.07) is 4.07. The number of fused-ring (bicyclic) bond motifs is 1. The van der Waals surface area contributed by atoms with Crippen molar-refractivity contribution in [2.75, 3.05) is 5.43 Å². The van der Waals surface area contributed by atoms with E-state index in [4.69, 9.17) is 5.84 Å². The van der Waals surface area contributed by atoms with Gasteiger partial charge in [-0.3, -0.25) is 0 Å². The van der Waals surface area contributed by atoms with E-state index in [-0.39, 0.29) is 0 Å². The molecule has 3 heterocycles. The molecule has 3 N–H and O–H groups in total. The van der Waals surface area contributed by atoms with Crippen LogP contribution in [0.5, 0.6) is 0 Å². The van der Waals surface area contributed by atoms with E-state index in [1.54, 1.807) is 35.5 Å². The van der Waals surface area contributed by atoms with E-state index in [0.717, 1.165) is 10.7 Å². The zero-order valence-electron chi connectivity index (χ0n) is 8.70. The van der Waals surface area contributed by atoms with Crippen LogP contribution in [0.4, 0.5) is 5.82 Å². The number of nitrogens with zero attached hydrogens (tertiary/aromatic N) is 3. The van der Waals surface area contributed by atoms with Crippen molar-refractivity contribution >= 4 is 34.6 Å². The van der Waals surface area contributed by atoms with Gasteiger partial charge in [0.15, 0.2) is 11.5 Å². The Morgan fingerprint density at radius 2 is 2.41 bits per heavy atom. The molecular formula is C10H9N5S2. The molecule has 0 fully saturated rings. The zero-order chi connectivity index (χ0) is 11.7. The molecule has 0 aliphatic rings. The summed E-state index contributed by atoms with van der Waals surface area (Å²) in [4.78, 5) is 8.71. The highest BCUT2D eigenvalue weighted by Gasteiger charge is 2.09. The van der Waals surface area contributed by atoms with Gasteiger partial charge in [0, 0.05) is 12.4 Å². The Bertz CT molecular complexity index is 631. The molecule has 0 aliphatic heterocycles. The molecule has 0 radical (unpaired) electrons. The van der Waals surface area contributed by atoms with Crippen molar-refractivity contribution in [1.82, 2.24) is 14.4 Å². The minimum absolute atomic E-state index is 0.620. The van der Waals surface area contributed by atoms with Gasteiger partial charge in [-0.1, -0.05) is 17.8 Å². The van der Waals surface area contributed by atoms with E-state index in [2.05, 4.69) is 21.5 Å². The number of hydrogen-bond donors (Lipinski definition) is 2. The maximum atomic E-state index is 5.40. The Hall–Kier alpha value is -1.57. The number of nitrogens with one attached hydrogen (secondary N) is 1. The van der Waals surface area contributed by atoms with Gasteiger partial charge in [0.2, 0.25) is 0 Å². The monoisotopic (exact) mass is 263 g/mol. The summed E-state index contributed by atoms with van der Waals surface area (Å²) in [5.41, 5.74) is 3.39. The SMILES string of the molecule is NNc1cn2ccnc2c(Sc2cccs2)n1. The maximum absolute atomic E-state index is 5.40. The zero-order valence-corrected chi connectivity index (χ0v) is 10.3. The number of aromatic nitrogens is 3. The topological polar surface area (TPSA) is 68.2 Å². The molecule has 0 unspecified atom stereocenters. The fraction of sp³-hybridized carbons (Fsp3) is 0. The summed E-state index contributed by atoms with van der Waals surface area (Å²) in [5, 5.41) is 2.88. The van der Waals surface area contributed by atoms with Crippen molar-refractivity contribution < 1.29 is 0 Å². The number of thiophene rings is 1. The smallest absolute Gasteiger partial charge is 0.170 e. The van der Waals surface area contributed by atoms with Gasteiger partial charge in [0.25, 0.3) is 0 Å². The van der Waals surface area contributed by atoms with Gasteiger partial charge in [0.05, 0.1) is 10.4 Å². The summed E-state index contributed by atoms with van der Waals surface area (Å²) >= 11 is 3.26. The second-order valence-electron chi connectivity index (χ2n) is 3.27. The summed E-state index contributed by atoms with van der Waals surface area (Å²) < 4.78 is 3.08. The molecule has 3 rings (SSSR count). The summed E-state index contributed by atoms with van der Waals surface area (Å²) in [6.07, 6.45) is 5.42. The van der Waals surface area contributed by atoms with Crippen LogP contribution < -0.4 is 11.3 Å². The van der Waals surface area contributed by atoms with Crippen molar-refractivity contribution in [3.63, 3.8) is 0 Å². The number of hydrazine groups is 1. The molecule has 86 valence electrons. The Labute approximate surface area is 106 Å². The normalized spacial score (nSPS) is 10.9. The molecule has 7 heteroatoms. The lowest BCUT2D eigenvalue weighted by molar-refractivity contribution is 1.02. The quantitative estimate of drug-likeness (QED) is 0.560. The van der Waals surface area contributed by atoms with E-state index < -0.39 is 0 Å². The van der Waals surface area contributed by atoms with Gasteiger partial charge in [-0.05, 0) is 11.4 Å². The largest absolute Gasteiger partial charge is 0.307 e. The average Bonchev–Trinajstić information content (AvgIpc) is 2.98. The Kier molecular flexibility index (Phi) is 2.71. The van der Waals surface area contributed by atoms with Crippen molar-refractivity contribution in [2.45, 2.75) is 9.24 Å². The van der Waals surface area contributed by atoms with Gasteiger partial charge in [-0.2, -0.15) is 0 Å². The molecule has 5 nitrogen and oxygen atoms in total. The van der Waals surface area contributed by atoms with Crippen LogP contribution in [0, 0.1) is 0 Å². The third-order valence-electron chi connectivity index (χ3n) is 2.18. The highest BCUT2D eigenvalue weighted by molar-refractivity contribution is 8.01. The van der Waals surface area contributed by atoms with Crippen LogP contribution in [0.2, 0.25) is 0 Å². The highest BCUT2D eigenvalue weighted by atomic mass is 32.2. The minimum Gasteiger partial charge on any atom is -0.307 e. The lowest BCUT2D eigenvalue weighted by atomic mass is 10.6. The van der Waals surface area contributed by atoms with Crippen LogP contribution in [0.3, 0.4) is 0 Å². The first kappa shape index (κ1) is 10.6. The molecule has 0 amide bonds. The van der Waals surface area contributed by atoms with Crippen LogP contribution in [-0.4, -0.2) is 14.4 Å². The van der Waals surface area contributed by atoms with E-state index >= 15 is 0 Å². The Morgan fingerprint density at radius 3 is 3.18 bits per heavy atom. The predicted molar refractivity (Wildman–Crippen MR) is 69.2 cm³/mol. The fourth-order valence-corrected chi connectivity index (χ4v) is 3.23. The van der Waals surface area contributed by atoms with Crippen LogP contribution >= 0.6 is 23.1 Å². The molecule has 0 saturated heterocycles. The third-order valence-corrected chi connectivity index (χ3v) is 4.19. The van der Waals surface area contributed by atoms with Crippen LogP contribution in [0.25, 0.3) is 5.65 Å². The maximum Gasteiger partial charge on any atom is 0.170 e. The van der Waals surface area contributed by atoms with Gasteiger partial charge in [-0.15, -0.1) is 11.3 Å². The van der Waals surface area contributed by atoms with Crippen molar-refractivity contribution in [2.24, 2.45) is 5.84 Å². The van der Waals surface area contributed by atoms with Gasteiger partial charge in [-0.25, -0.2) is 15.8 Å². The Balaban J connectivity index is 2.10. The molecule has 3 aromatic heterocycles. The fourth-order valence-electron chi connectivity index (χ4n) is 1.46. The molecule has 0 atom stereocenters. The molecule has 17 heavy (non-hydrogen) atoms. The highest BCUT2D eigenvalue weighted by Crippen LogP contribution is 2.32. The van der Waals surface area contributed by atoms with Crippen LogP contribution in [0.1, 0.15) is 0 Å². The summed E-state index contributed by atoms with van der Waals surface area (Å²) in [5.74, 6) is 6.02. The molecule has 0 aliphatic carbocycles. The predicted octanol–water partition coefficient (Wildman–Crippen LogP) is 2.23. The number of nitrogen functional groups attached to an aromatic ring is 1. The van der Waals surface area contributed by atoms with Gasteiger partial charge >= 0.3 is 0 Å². The molecule has 0 spiro atoms. The van der Waals surface area contributed by atoms with Crippen molar-refractivity contribution in [3.05, 3.63) is 36.1 Å². The first-order chi connectivity index (χ1) is 8.36. The molecule has 3 aromatic rings. The minimum atomic E-state index is 0.620. The first-order valence-electron chi connectivity index (χ1n) is 4.88. The lowest BCUT2D eigenvalue weighted by Crippen LogP contribution is -2.10. The van der Waals surface area contributed by atoms with Crippen LogP contribution in [0.15, 0.2) is 45.3 Å². The number of imidazole rings is 1. The number of anilines is 1. The summed E-state index contributed by atoms with van der Waals surface area (Å²) in [6.45, 7) is 0.